The fraction of sp³-hybridized carbons (Fsp3) is 0.733. The molecule has 0 amide bonds. The van der Waals surface area contributed by atoms with Crippen molar-refractivity contribution in [1.29, 1.82) is 0 Å². The first kappa shape index (κ1) is 12.5. The van der Waals surface area contributed by atoms with Crippen molar-refractivity contribution in [3.8, 4) is 0 Å². The fourth-order valence-electron chi connectivity index (χ4n) is 3.14. The lowest BCUT2D eigenvalue weighted by Crippen LogP contribution is -2.28. The Labute approximate surface area is 95.5 Å². The number of rotatable bonds is 3. The molecule has 0 saturated heterocycles. The Morgan fingerprint density at radius 3 is 2.73 bits per heavy atom. The molecule has 0 N–H and O–H groups in total. The van der Waals surface area contributed by atoms with Crippen molar-refractivity contribution in [2.75, 3.05) is 0 Å². The van der Waals surface area contributed by atoms with Gasteiger partial charge in [-0.3, -0.25) is 0 Å². The molecule has 0 heteroatoms. The van der Waals surface area contributed by atoms with Gasteiger partial charge in [-0.15, -0.1) is 0 Å². The molecular weight excluding hydrogens is 180 g/mol. The van der Waals surface area contributed by atoms with Gasteiger partial charge in [0, 0.05) is 0 Å². The SMILES string of the molecule is C=C(C)C1CC/C(=C/C)C(C)(CCC)C1. The molecule has 1 fully saturated rings. The molecule has 0 heterocycles. The number of allylic oxidation sites excluding steroid dienone is 3. The van der Waals surface area contributed by atoms with E-state index in [1.807, 2.05) is 0 Å². The van der Waals surface area contributed by atoms with Gasteiger partial charge in [0.1, 0.15) is 0 Å². The molecule has 1 saturated carbocycles. The van der Waals surface area contributed by atoms with Crippen LogP contribution in [0.2, 0.25) is 0 Å². The minimum atomic E-state index is 0.450. The average molecular weight is 206 g/mol. The summed E-state index contributed by atoms with van der Waals surface area (Å²) in [4.78, 5) is 0. The zero-order valence-electron chi connectivity index (χ0n) is 10.9. The van der Waals surface area contributed by atoms with Crippen LogP contribution in [0.1, 0.15) is 59.8 Å². The van der Waals surface area contributed by atoms with E-state index in [0.29, 0.717) is 5.41 Å². The summed E-state index contributed by atoms with van der Waals surface area (Å²) >= 11 is 0. The highest BCUT2D eigenvalue weighted by molar-refractivity contribution is 5.18. The van der Waals surface area contributed by atoms with Crippen molar-refractivity contribution in [3.63, 3.8) is 0 Å². The van der Waals surface area contributed by atoms with Crippen LogP contribution in [0.15, 0.2) is 23.8 Å². The molecule has 0 spiro atoms. The van der Waals surface area contributed by atoms with E-state index in [1.54, 1.807) is 5.57 Å². The Hall–Kier alpha value is -0.520. The van der Waals surface area contributed by atoms with E-state index in [2.05, 4.69) is 40.3 Å². The first-order chi connectivity index (χ1) is 7.03. The molecule has 0 radical (unpaired) electrons. The van der Waals surface area contributed by atoms with Crippen molar-refractivity contribution in [2.24, 2.45) is 11.3 Å². The number of hydrogen-bond acceptors (Lipinski definition) is 0. The van der Waals surface area contributed by atoms with Crippen LogP contribution in [-0.2, 0) is 0 Å². The Kier molecular flexibility index (Phi) is 4.19. The molecule has 0 aromatic heterocycles. The molecule has 1 rings (SSSR count). The lowest BCUT2D eigenvalue weighted by molar-refractivity contribution is 0.234. The Morgan fingerprint density at radius 1 is 1.60 bits per heavy atom. The highest BCUT2D eigenvalue weighted by Gasteiger charge is 2.34. The molecule has 1 aliphatic rings. The predicted molar refractivity (Wildman–Crippen MR) is 68.9 cm³/mol. The monoisotopic (exact) mass is 206 g/mol. The van der Waals surface area contributed by atoms with Crippen LogP contribution < -0.4 is 0 Å². The summed E-state index contributed by atoms with van der Waals surface area (Å²) in [5.74, 6) is 0.755. The van der Waals surface area contributed by atoms with E-state index < -0.39 is 0 Å². The molecule has 86 valence electrons. The topological polar surface area (TPSA) is 0 Å². The van der Waals surface area contributed by atoms with Gasteiger partial charge in [0.05, 0.1) is 0 Å². The van der Waals surface area contributed by atoms with Crippen LogP contribution in [0.5, 0.6) is 0 Å². The summed E-state index contributed by atoms with van der Waals surface area (Å²) in [5.41, 5.74) is 3.51. The quantitative estimate of drug-likeness (QED) is 0.562. The van der Waals surface area contributed by atoms with Crippen LogP contribution in [0.25, 0.3) is 0 Å². The van der Waals surface area contributed by atoms with Crippen LogP contribution in [0.3, 0.4) is 0 Å². The van der Waals surface area contributed by atoms with E-state index in [-0.39, 0.29) is 0 Å². The van der Waals surface area contributed by atoms with Gasteiger partial charge in [-0.2, -0.15) is 0 Å². The Balaban J connectivity index is 2.82. The summed E-state index contributed by atoms with van der Waals surface area (Å²) in [6, 6.07) is 0. The summed E-state index contributed by atoms with van der Waals surface area (Å²) in [6.45, 7) is 13.3. The van der Waals surface area contributed by atoms with Crippen LogP contribution in [-0.4, -0.2) is 0 Å². The first-order valence-electron chi connectivity index (χ1n) is 6.34. The third kappa shape index (κ3) is 2.74. The Morgan fingerprint density at radius 2 is 2.27 bits per heavy atom. The lowest BCUT2D eigenvalue weighted by atomic mass is 9.64. The zero-order valence-corrected chi connectivity index (χ0v) is 10.9. The molecule has 1 aliphatic carbocycles. The van der Waals surface area contributed by atoms with Gasteiger partial charge in [-0.1, -0.05) is 44.1 Å². The molecule has 0 bridgehead atoms. The predicted octanol–water partition coefficient (Wildman–Crippen LogP) is 5.12. The normalized spacial score (nSPS) is 34.4. The van der Waals surface area contributed by atoms with Gasteiger partial charge in [0.25, 0.3) is 0 Å². The average Bonchev–Trinajstić information content (AvgIpc) is 2.17. The zero-order chi connectivity index (χ0) is 11.5. The summed E-state index contributed by atoms with van der Waals surface area (Å²) in [6.07, 6.45) is 8.88. The summed E-state index contributed by atoms with van der Waals surface area (Å²) in [7, 11) is 0. The van der Waals surface area contributed by atoms with Gasteiger partial charge >= 0.3 is 0 Å². The second kappa shape index (κ2) is 5.01. The maximum atomic E-state index is 4.14. The minimum Gasteiger partial charge on any atom is -0.0999 e. The van der Waals surface area contributed by atoms with E-state index in [9.17, 15) is 0 Å². The van der Waals surface area contributed by atoms with Crippen molar-refractivity contribution >= 4 is 0 Å². The van der Waals surface area contributed by atoms with Crippen molar-refractivity contribution in [1.82, 2.24) is 0 Å². The van der Waals surface area contributed by atoms with Gasteiger partial charge in [-0.05, 0) is 50.9 Å². The standard InChI is InChI=1S/C15H26/c1-6-10-15(5)11-13(12(3)4)8-9-14(15)7-2/h7,13H,3,6,8-11H2,1-2,4-5H3/b14-7-. The maximum absolute atomic E-state index is 4.14. The summed E-state index contributed by atoms with van der Waals surface area (Å²) < 4.78 is 0. The fourth-order valence-corrected chi connectivity index (χ4v) is 3.14. The van der Waals surface area contributed by atoms with Crippen LogP contribution in [0.4, 0.5) is 0 Å². The van der Waals surface area contributed by atoms with Gasteiger partial charge in [-0.25, -0.2) is 0 Å². The molecular formula is C15H26. The lowest BCUT2D eigenvalue weighted by Gasteiger charge is -2.41. The van der Waals surface area contributed by atoms with Gasteiger partial charge in [0.15, 0.2) is 0 Å². The van der Waals surface area contributed by atoms with Crippen molar-refractivity contribution < 1.29 is 0 Å². The van der Waals surface area contributed by atoms with Crippen molar-refractivity contribution in [2.45, 2.75) is 59.8 Å². The van der Waals surface area contributed by atoms with E-state index >= 15 is 0 Å². The second-order valence-electron chi connectivity index (χ2n) is 5.41. The molecule has 0 aromatic carbocycles. The molecule has 0 aliphatic heterocycles. The van der Waals surface area contributed by atoms with E-state index in [0.717, 1.165) is 5.92 Å². The molecule has 15 heavy (non-hydrogen) atoms. The largest absolute Gasteiger partial charge is 0.0999 e. The highest BCUT2D eigenvalue weighted by atomic mass is 14.4. The smallest absolute Gasteiger partial charge is 0.0111 e. The summed E-state index contributed by atoms with van der Waals surface area (Å²) in [5, 5.41) is 0. The molecule has 2 unspecified atom stereocenters. The molecule has 2 atom stereocenters. The van der Waals surface area contributed by atoms with Gasteiger partial charge < -0.3 is 0 Å². The van der Waals surface area contributed by atoms with E-state index in [4.69, 9.17) is 0 Å². The molecule has 0 nitrogen and oxygen atoms in total. The molecule has 0 aromatic rings. The van der Waals surface area contributed by atoms with Gasteiger partial charge in [0.2, 0.25) is 0 Å². The van der Waals surface area contributed by atoms with Crippen LogP contribution >= 0.6 is 0 Å². The number of hydrogen-bond donors (Lipinski definition) is 0. The van der Waals surface area contributed by atoms with Crippen LogP contribution in [0, 0.1) is 11.3 Å². The Bertz CT molecular complexity index is 259. The third-order valence-corrected chi connectivity index (χ3v) is 4.08. The first-order valence-corrected chi connectivity index (χ1v) is 6.34. The highest BCUT2D eigenvalue weighted by Crippen LogP contribution is 2.47. The minimum absolute atomic E-state index is 0.450. The third-order valence-electron chi connectivity index (χ3n) is 4.08. The maximum Gasteiger partial charge on any atom is -0.0111 e. The van der Waals surface area contributed by atoms with Crippen molar-refractivity contribution in [3.05, 3.63) is 23.8 Å². The van der Waals surface area contributed by atoms with E-state index in [1.165, 1.54) is 37.7 Å². The second-order valence-corrected chi connectivity index (χ2v) is 5.41.